The number of pyridine rings is 1. The summed E-state index contributed by atoms with van der Waals surface area (Å²) >= 11 is 0. The molecule has 1 heterocycles. The van der Waals surface area contributed by atoms with Gasteiger partial charge in [0.2, 0.25) is 5.91 Å². The number of rotatable bonds is 2. The Morgan fingerprint density at radius 3 is 2.56 bits per heavy atom. The number of amides is 1. The summed E-state index contributed by atoms with van der Waals surface area (Å²) in [5, 5.41) is 2.69. The first-order chi connectivity index (χ1) is 7.36. The fourth-order valence-corrected chi connectivity index (χ4v) is 1.25. The molecule has 0 aliphatic heterocycles. The van der Waals surface area contributed by atoms with Crippen LogP contribution in [0.15, 0.2) is 17.1 Å². The molecule has 0 spiro atoms. The molecule has 0 unspecified atom stereocenters. The van der Waals surface area contributed by atoms with Crippen LogP contribution in [0.25, 0.3) is 0 Å². The van der Waals surface area contributed by atoms with Crippen LogP contribution in [0.1, 0.15) is 33.3 Å². The molecule has 1 aromatic heterocycles. The van der Waals surface area contributed by atoms with Crippen molar-refractivity contribution in [1.82, 2.24) is 4.98 Å². The van der Waals surface area contributed by atoms with Crippen LogP contribution in [-0.2, 0) is 11.2 Å². The molecule has 0 radical (unpaired) electrons. The fraction of sp³-hybridized carbons (Fsp3) is 0.500. The lowest BCUT2D eigenvalue weighted by Gasteiger charge is -2.18. The minimum atomic E-state index is -0.507. The first kappa shape index (κ1) is 12.5. The molecule has 0 atom stereocenters. The summed E-state index contributed by atoms with van der Waals surface area (Å²) in [6.07, 6.45) is 2.30. The van der Waals surface area contributed by atoms with Crippen molar-refractivity contribution in [3.8, 4) is 0 Å². The minimum absolute atomic E-state index is 0.154. The zero-order valence-corrected chi connectivity index (χ0v) is 10.2. The third-order valence-electron chi connectivity index (χ3n) is 2.35. The van der Waals surface area contributed by atoms with Crippen LogP contribution in [0.5, 0.6) is 0 Å². The van der Waals surface area contributed by atoms with E-state index in [1.807, 2.05) is 27.7 Å². The largest absolute Gasteiger partial charge is 0.327 e. The van der Waals surface area contributed by atoms with E-state index in [9.17, 15) is 9.59 Å². The molecule has 0 saturated carbocycles. The van der Waals surface area contributed by atoms with E-state index in [0.717, 1.165) is 5.56 Å². The molecule has 0 saturated heterocycles. The molecule has 88 valence electrons. The SMILES string of the molecule is CCc1cc[nH]c(=O)c1NC(=O)C(C)(C)C. The van der Waals surface area contributed by atoms with E-state index in [0.29, 0.717) is 12.1 Å². The van der Waals surface area contributed by atoms with E-state index in [4.69, 9.17) is 0 Å². The van der Waals surface area contributed by atoms with Crippen molar-refractivity contribution >= 4 is 11.6 Å². The smallest absolute Gasteiger partial charge is 0.271 e. The minimum Gasteiger partial charge on any atom is -0.327 e. The van der Waals surface area contributed by atoms with Gasteiger partial charge >= 0.3 is 0 Å². The molecule has 4 nitrogen and oxygen atoms in total. The number of anilines is 1. The number of H-pyrrole nitrogens is 1. The lowest BCUT2D eigenvalue weighted by Crippen LogP contribution is -2.31. The summed E-state index contributed by atoms with van der Waals surface area (Å²) in [5.41, 5.74) is 0.455. The van der Waals surface area contributed by atoms with Gasteiger partial charge in [0.15, 0.2) is 0 Å². The Balaban J connectivity index is 3.06. The molecular weight excluding hydrogens is 204 g/mol. The van der Waals surface area contributed by atoms with Gasteiger partial charge in [-0.2, -0.15) is 0 Å². The van der Waals surface area contributed by atoms with Gasteiger partial charge in [0.05, 0.1) is 0 Å². The highest BCUT2D eigenvalue weighted by Crippen LogP contribution is 2.17. The van der Waals surface area contributed by atoms with Gasteiger partial charge in [0.25, 0.3) is 5.56 Å². The molecule has 1 aromatic rings. The van der Waals surface area contributed by atoms with Gasteiger partial charge in [0, 0.05) is 11.6 Å². The maximum absolute atomic E-state index is 11.8. The first-order valence-corrected chi connectivity index (χ1v) is 5.38. The van der Waals surface area contributed by atoms with Crippen LogP contribution < -0.4 is 10.9 Å². The molecule has 1 amide bonds. The number of carbonyl (C=O) groups excluding carboxylic acids is 1. The second-order valence-corrected chi connectivity index (χ2v) is 4.76. The van der Waals surface area contributed by atoms with Crippen molar-refractivity contribution in [2.75, 3.05) is 5.32 Å². The molecule has 0 aliphatic carbocycles. The normalized spacial score (nSPS) is 11.2. The monoisotopic (exact) mass is 222 g/mol. The quantitative estimate of drug-likeness (QED) is 0.803. The molecule has 0 aromatic carbocycles. The Bertz CT molecular complexity index is 441. The van der Waals surface area contributed by atoms with Crippen LogP contribution in [0.3, 0.4) is 0 Å². The third kappa shape index (κ3) is 2.72. The van der Waals surface area contributed by atoms with Gasteiger partial charge in [-0.3, -0.25) is 9.59 Å². The Hall–Kier alpha value is -1.58. The Kier molecular flexibility index (Phi) is 3.52. The molecule has 16 heavy (non-hydrogen) atoms. The summed E-state index contributed by atoms with van der Waals surface area (Å²) in [6, 6.07) is 1.81. The highest BCUT2D eigenvalue weighted by molar-refractivity contribution is 5.94. The van der Waals surface area contributed by atoms with Crippen molar-refractivity contribution in [2.24, 2.45) is 5.41 Å². The summed E-state index contributed by atoms with van der Waals surface area (Å²) in [4.78, 5) is 25.9. The number of aryl methyl sites for hydroxylation is 1. The van der Waals surface area contributed by atoms with Crippen molar-refractivity contribution in [1.29, 1.82) is 0 Å². The molecule has 1 rings (SSSR count). The van der Waals surface area contributed by atoms with Crippen LogP contribution in [0.4, 0.5) is 5.69 Å². The Morgan fingerprint density at radius 2 is 2.06 bits per heavy atom. The maximum atomic E-state index is 11.8. The van der Waals surface area contributed by atoms with E-state index >= 15 is 0 Å². The van der Waals surface area contributed by atoms with Crippen LogP contribution in [0.2, 0.25) is 0 Å². The van der Waals surface area contributed by atoms with E-state index in [1.54, 1.807) is 12.3 Å². The average molecular weight is 222 g/mol. The van der Waals surface area contributed by atoms with Gasteiger partial charge in [0.1, 0.15) is 5.69 Å². The Morgan fingerprint density at radius 1 is 1.44 bits per heavy atom. The number of nitrogens with one attached hydrogen (secondary N) is 2. The van der Waals surface area contributed by atoms with Crippen molar-refractivity contribution in [2.45, 2.75) is 34.1 Å². The average Bonchev–Trinajstić information content (AvgIpc) is 2.19. The molecule has 4 heteroatoms. The standard InChI is InChI=1S/C12H18N2O2/c1-5-8-6-7-13-10(15)9(8)14-11(16)12(2,3)4/h6-7H,5H2,1-4H3,(H,13,15)(H,14,16). The zero-order chi connectivity index (χ0) is 12.3. The van der Waals surface area contributed by atoms with Crippen molar-refractivity contribution < 1.29 is 4.79 Å². The van der Waals surface area contributed by atoms with Crippen molar-refractivity contribution in [3.05, 3.63) is 28.2 Å². The topological polar surface area (TPSA) is 62.0 Å². The summed E-state index contributed by atoms with van der Waals surface area (Å²) in [7, 11) is 0. The maximum Gasteiger partial charge on any atom is 0.271 e. The first-order valence-electron chi connectivity index (χ1n) is 5.38. The van der Waals surface area contributed by atoms with Gasteiger partial charge in [-0.25, -0.2) is 0 Å². The highest BCUT2D eigenvalue weighted by atomic mass is 16.2. The van der Waals surface area contributed by atoms with Crippen LogP contribution >= 0.6 is 0 Å². The van der Waals surface area contributed by atoms with Gasteiger partial charge in [-0.15, -0.1) is 0 Å². The number of carbonyl (C=O) groups is 1. The second-order valence-electron chi connectivity index (χ2n) is 4.76. The number of aromatic nitrogens is 1. The molecule has 0 bridgehead atoms. The predicted molar refractivity (Wildman–Crippen MR) is 64.5 cm³/mol. The number of hydrogen-bond acceptors (Lipinski definition) is 2. The number of hydrogen-bond donors (Lipinski definition) is 2. The van der Waals surface area contributed by atoms with Crippen LogP contribution in [0, 0.1) is 5.41 Å². The number of aromatic amines is 1. The van der Waals surface area contributed by atoms with Gasteiger partial charge < -0.3 is 10.3 Å². The summed E-state index contributed by atoms with van der Waals surface area (Å²) in [6.45, 7) is 7.38. The van der Waals surface area contributed by atoms with Gasteiger partial charge in [-0.05, 0) is 18.1 Å². The van der Waals surface area contributed by atoms with Crippen molar-refractivity contribution in [3.63, 3.8) is 0 Å². The van der Waals surface area contributed by atoms with Crippen LogP contribution in [-0.4, -0.2) is 10.9 Å². The second kappa shape index (κ2) is 4.51. The highest BCUT2D eigenvalue weighted by Gasteiger charge is 2.22. The zero-order valence-electron chi connectivity index (χ0n) is 10.2. The molecular formula is C12H18N2O2. The molecule has 0 fully saturated rings. The van der Waals surface area contributed by atoms with E-state index in [1.165, 1.54) is 0 Å². The lowest BCUT2D eigenvalue weighted by atomic mass is 9.95. The predicted octanol–water partition coefficient (Wildman–Crippen LogP) is 1.92. The lowest BCUT2D eigenvalue weighted by molar-refractivity contribution is -0.123. The molecule has 2 N–H and O–H groups in total. The fourth-order valence-electron chi connectivity index (χ4n) is 1.25. The van der Waals surface area contributed by atoms with E-state index in [2.05, 4.69) is 10.3 Å². The third-order valence-corrected chi connectivity index (χ3v) is 2.35. The van der Waals surface area contributed by atoms with E-state index < -0.39 is 5.41 Å². The van der Waals surface area contributed by atoms with E-state index in [-0.39, 0.29) is 11.5 Å². The van der Waals surface area contributed by atoms with Gasteiger partial charge in [-0.1, -0.05) is 27.7 Å². The molecule has 0 aliphatic rings. The summed E-state index contributed by atoms with van der Waals surface area (Å²) in [5.74, 6) is -0.154. The Labute approximate surface area is 95.1 Å². The summed E-state index contributed by atoms with van der Waals surface area (Å²) < 4.78 is 0.